The molecule has 2 aromatic carbocycles. The molecule has 0 aliphatic carbocycles. The van der Waals surface area contributed by atoms with Gasteiger partial charge < -0.3 is 4.90 Å². The quantitative estimate of drug-likeness (QED) is 0.392. The van der Waals surface area contributed by atoms with Crippen LogP contribution >= 0.6 is 22.9 Å². The third-order valence-electron chi connectivity index (χ3n) is 6.12. The van der Waals surface area contributed by atoms with Crippen molar-refractivity contribution in [1.82, 2.24) is 20.1 Å². The molecule has 0 spiro atoms. The number of aryl methyl sites for hydroxylation is 1. The van der Waals surface area contributed by atoms with Gasteiger partial charge in [-0.15, -0.1) is 10.2 Å². The molecule has 1 atom stereocenters. The van der Waals surface area contributed by atoms with Gasteiger partial charge in [0, 0.05) is 47.4 Å². The minimum atomic E-state index is -0.697. The van der Waals surface area contributed by atoms with Crippen molar-refractivity contribution in [2.45, 2.75) is 32.4 Å². The molecule has 0 saturated heterocycles. The molecule has 2 amide bonds. The number of nitrogens with zero attached hydrogens (tertiary/aromatic N) is 4. The zero-order chi connectivity index (χ0) is 25.9. The molecule has 4 aromatic rings. The molecule has 2 aromatic heterocycles. The summed E-state index contributed by atoms with van der Waals surface area (Å²) >= 11 is 7.46. The van der Waals surface area contributed by atoms with Gasteiger partial charge in [0.05, 0.1) is 6.04 Å². The number of carbonyl (C=O) groups excluding carboxylic acids is 3. The fourth-order valence-electron chi connectivity index (χ4n) is 4.29. The van der Waals surface area contributed by atoms with E-state index in [2.05, 4.69) is 20.5 Å². The van der Waals surface area contributed by atoms with Crippen LogP contribution in [0.15, 0.2) is 66.9 Å². The Kier molecular flexibility index (Phi) is 7.07. The van der Waals surface area contributed by atoms with E-state index in [0.717, 1.165) is 16.3 Å². The molecule has 37 heavy (non-hydrogen) atoms. The Labute approximate surface area is 222 Å². The summed E-state index contributed by atoms with van der Waals surface area (Å²) in [5.41, 5.74) is 3.04. The van der Waals surface area contributed by atoms with E-state index < -0.39 is 6.04 Å². The maximum Gasteiger partial charge on any atom is 0.257 e. The van der Waals surface area contributed by atoms with Crippen LogP contribution in [-0.4, -0.2) is 43.7 Å². The van der Waals surface area contributed by atoms with Gasteiger partial charge in [0.2, 0.25) is 5.13 Å². The third kappa shape index (κ3) is 5.58. The number of rotatable bonds is 6. The first-order valence-electron chi connectivity index (χ1n) is 11.6. The van der Waals surface area contributed by atoms with Crippen molar-refractivity contribution in [1.29, 1.82) is 0 Å². The largest absolute Gasteiger partial charge is 0.324 e. The lowest BCUT2D eigenvalue weighted by atomic mass is 9.99. The molecule has 5 rings (SSSR count). The van der Waals surface area contributed by atoms with E-state index in [9.17, 15) is 14.4 Å². The number of nitrogens with one attached hydrogen (secondary N) is 1. The van der Waals surface area contributed by atoms with Gasteiger partial charge in [-0.3, -0.25) is 24.7 Å². The van der Waals surface area contributed by atoms with Crippen molar-refractivity contribution in [3.05, 3.63) is 105 Å². The normalized spacial score (nSPS) is 15.3. The number of fused-ring (bicyclic) bond motifs is 1. The second-order valence-electron chi connectivity index (χ2n) is 8.70. The number of pyridine rings is 1. The smallest absolute Gasteiger partial charge is 0.257 e. The first kappa shape index (κ1) is 24.7. The number of benzene rings is 2. The van der Waals surface area contributed by atoms with E-state index >= 15 is 0 Å². The average molecular weight is 532 g/mol. The Balaban J connectivity index is 1.42. The van der Waals surface area contributed by atoms with Crippen molar-refractivity contribution in [3.63, 3.8) is 0 Å². The number of Topliss-reactive ketones (excluding diaryl/α,β-unsaturated/α-hetero) is 1. The molecule has 0 unspecified atom stereocenters. The molecule has 0 radical (unpaired) electrons. The summed E-state index contributed by atoms with van der Waals surface area (Å²) in [5.74, 6) is -0.627. The lowest BCUT2D eigenvalue weighted by Crippen LogP contribution is -2.44. The third-order valence-corrected chi connectivity index (χ3v) is 7.10. The Morgan fingerprint density at radius 3 is 2.62 bits per heavy atom. The van der Waals surface area contributed by atoms with Crippen molar-refractivity contribution in [2.75, 3.05) is 5.32 Å². The van der Waals surface area contributed by atoms with Gasteiger partial charge in [-0.2, -0.15) is 0 Å². The second kappa shape index (κ2) is 10.6. The van der Waals surface area contributed by atoms with E-state index in [1.807, 2.05) is 25.1 Å². The maximum atomic E-state index is 13.7. The molecule has 1 aliphatic rings. The van der Waals surface area contributed by atoms with Crippen LogP contribution in [-0.2, 0) is 24.2 Å². The number of ketones is 1. The van der Waals surface area contributed by atoms with Crippen LogP contribution in [0.4, 0.5) is 5.13 Å². The van der Waals surface area contributed by atoms with Crippen LogP contribution in [0.3, 0.4) is 0 Å². The topological polar surface area (TPSA) is 105 Å². The van der Waals surface area contributed by atoms with Gasteiger partial charge in [-0.25, -0.2) is 0 Å². The fraction of sp³-hybridized carbons (Fsp3) is 0.185. The predicted molar refractivity (Wildman–Crippen MR) is 141 cm³/mol. The zero-order valence-corrected chi connectivity index (χ0v) is 21.4. The number of carbonyl (C=O) groups is 3. The Hall–Kier alpha value is -3.95. The minimum Gasteiger partial charge on any atom is -0.324 e. The predicted octanol–water partition coefficient (Wildman–Crippen LogP) is 4.53. The molecule has 3 heterocycles. The standard InChI is InChI=1S/C27H22ClN5O3S/c1-16-31-32-27(37-16)30-25(35)18-7-5-17(6-8-18)15-33-23(14-21-4-2-3-11-29-21)24(34)13-19-12-20(28)9-10-22(19)26(33)36/h2-12,23H,13-15H2,1H3,(H,30,32,35)/t23-/m1/s1. The summed E-state index contributed by atoms with van der Waals surface area (Å²) in [6.07, 6.45) is 2.08. The van der Waals surface area contributed by atoms with Gasteiger partial charge in [0.1, 0.15) is 5.01 Å². The highest BCUT2D eigenvalue weighted by Gasteiger charge is 2.35. The van der Waals surface area contributed by atoms with Crippen LogP contribution in [0.2, 0.25) is 5.02 Å². The molecule has 1 aliphatic heterocycles. The molecule has 10 heteroatoms. The van der Waals surface area contributed by atoms with Crippen LogP contribution in [0, 0.1) is 6.92 Å². The van der Waals surface area contributed by atoms with Gasteiger partial charge in [-0.05, 0) is 60.5 Å². The van der Waals surface area contributed by atoms with E-state index in [0.29, 0.717) is 33.3 Å². The van der Waals surface area contributed by atoms with Gasteiger partial charge in [0.25, 0.3) is 11.8 Å². The van der Waals surface area contributed by atoms with Gasteiger partial charge in [0.15, 0.2) is 5.78 Å². The molecule has 1 N–H and O–H groups in total. The number of halogens is 1. The number of hydrogen-bond acceptors (Lipinski definition) is 7. The van der Waals surface area contributed by atoms with Crippen molar-refractivity contribution in [2.24, 2.45) is 0 Å². The average Bonchev–Trinajstić information content (AvgIpc) is 3.27. The Morgan fingerprint density at radius 2 is 1.92 bits per heavy atom. The monoisotopic (exact) mass is 531 g/mol. The zero-order valence-electron chi connectivity index (χ0n) is 19.8. The van der Waals surface area contributed by atoms with Gasteiger partial charge in [-0.1, -0.05) is 41.1 Å². The minimum absolute atomic E-state index is 0.0802. The highest BCUT2D eigenvalue weighted by Crippen LogP contribution is 2.27. The maximum absolute atomic E-state index is 13.7. The highest BCUT2D eigenvalue weighted by molar-refractivity contribution is 7.15. The summed E-state index contributed by atoms with van der Waals surface area (Å²) in [7, 11) is 0. The number of aromatic nitrogens is 3. The SMILES string of the molecule is Cc1nnc(NC(=O)c2ccc(CN3C(=O)c4ccc(Cl)cc4CC(=O)[C@H]3Cc3ccccn3)cc2)s1. The van der Waals surface area contributed by atoms with Crippen molar-refractivity contribution in [3.8, 4) is 0 Å². The first-order chi connectivity index (χ1) is 17.9. The Bertz CT molecular complexity index is 1470. The van der Waals surface area contributed by atoms with E-state index in [-0.39, 0.29) is 30.6 Å². The van der Waals surface area contributed by atoms with E-state index in [1.165, 1.54) is 11.3 Å². The fourth-order valence-corrected chi connectivity index (χ4v) is 5.07. The first-order valence-corrected chi connectivity index (χ1v) is 12.8. The van der Waals surface area contributed by atoms with E-state index in [4.69, 9.17) is 11.6 Å². The van der Waals surface area contributed by atoms with Crippen LogP contribution in [0.1, 0.15) is 42.5 Å². The lowest BCUT2D eigenvalue weighted by Gasteiger charge is -2.29. The second-order valence-corrected chi connectivity index (χ2v) is 10.3. The number of amides is 2. The highest BCUT2D eigenvalue weighted by atomic mass is 35.5. The summed E-state index contributed by atoms with van der Waals surface area (Å²) in [6, 6.07) is 16.8. The molecule has 0 fully saturated rings. The number of anilines is 1. The van der Waals surface area contributed by atoms with Crippen LogP contribution < -0.4 is 5.32 Å². The van der Waals surface area contributed by atoms with E-state index in [1.54, 1.807) is 53.6 Å². The summed E-state index contributed by atoms with van der Waals surface area (Å²) in [6.45, 7) is 2.01. The van der Waals surface area contributed by atoms with Gasteiger partial charge >= 0.3 is 0 Å². The molecular weight excluding hydrogens is 510 g/mol. The Morgan fingerprint density at radius 1 is 1.11 bits per heavy atom. The number of hydrogen-bond donors (Lipinski definition) is 1. The van der Waals surface area contributed by atoms with Crippen molar-refractivity contribution >= 4 is 45.7 Å². The van der Waals surface area contributed by atoms with Crippen LogP contribution in [0.25, 0.3) is 0 Å². The summed E-state index contributed by atoms with van der Waals surface area (Å²) in [5, 5.41) is 12.2. The molecule has 0 bridgehead atoms. The molecule has 0 saturated carbocycles. The van der Waals surface area contributed by atoms with Crippen molar-refractivity contribution < 1.29 is 14.4 Å². The van der Waals surface area contributed by atoms with Crippen LogP contribution in [0.5, 0.6) is 0 Å². The summed E-state index contributed by atoms with van der Waals surface area (Å²) < 4.78 is 0. The molecular formula is C27H22ClN5O3S. The molecule has 186 valence electrons. The summed E-state index contributed by atoms with van der Waals surface area (Å²) in [4.78, 5) is 45.7. The molecule has 8 nitrogen and oxygen atoms in total. The lowest BCUT2D eigenvalue weighted by molar-refractivity contribution is -0.122.